The second-order valence-corrected chi connectivity index (χ2v) is 3.41. The number of carbonyl (C=O) groups excluding carboxylic acids is 1. The fraction of sp³-hybridized carbons (Fsp3) is 0.250. The Morgan fingerprint density at radius 3 is 2.33 bits per heavy atom. The van der Waals surface area contributed by atoms with Crippen molar-refractivity contribution in [2.24, 2.45) is 0 Å². The summed E-state index contributed by atoms with van der Waals surface area (Å²) in [5.74, 6) is -0.806. The van der Waals surface area contributed by atoms with E-state index in [2.05, 4.69) is 11.3 Å². The molecule has 1 aromatic carbocycles. The Labute approximate surface area is 101 Å². The molecule has 0 saturated carbocycles. The number of benzene rings is 1. The minimum Gasteiger partial charge on any atom is -0.349 e. The third-order valence-corrected chi connectivity index (χ3v) is 2.17. The van der Waals surface area contributed by atoms with Gasteiger partial charge in [-0.2, -0.15) is 13.2 Å². The minimum atomic E-state index is -4.70. The minimum absolute atomic E-state index is 0.112. The Hall–Kier alpha value is -1.69. The molecular formula is C12H10F4O2. The molecule has 0 N–H and O–H groups in total. The topological polar surface area (TPSA) is 26.3 Å². The van der Waals surface area contributed by atoms with Crippen LogP contribution in [0.15, 0.2) is 36.9 Å². The van der Waals surface area contributed by atoms with E-state index in [1.807, 2.05) is 0 Å². The van der Waals surface area contributed by atoms with Crippen molar-refractivity contribution in [2.75, 3.05) is 0 Å². The van der Waals surface area contributed by atoms with Crippen LogP contribution in [0.4, 0.5) is 17.6 Å². The third kappa shape index (κ3) is 3.40. The van der Waals surface area contributed by atoms with Crippen molar-refractivity contribution in [3.05, 3.63) is 48.3 Å². The molecular weight excluding hydrogens is 252 g/mol. The smallest absolute Gasteiger partial charge is 0.349 e. The number of ether oxygens (including phenoxy) is 1. The fourth-order valence-electron chi connectivity index (χ4n) is 1.31. The first-order valence-corrected chi connectivity index (χ1v) is 4.94. The Morgan fingerprint density at radius 2 is 1.89 bits per heavy atom. The van der Waals surface area contributed by atoms with Crippen LogP contribution in [0, 0.1) is 5.82 Å². The van der Waals surface area contributed by atoms with Crippen LogP contribution in [0.3, 0.4) is 0 Å². The van der Waals surface area contributed by atoms with Gasteiger partial charge in [0.15, 0.2) is 12.4 Å². The predicted molar refractivity (Wildman–Crippen MR) is 56.3 cm³/mol. The molecule has 0 aliphatic heterocycles. The van der Waals surface area contributed by atoms with Gasteiger partial charge in [-0.1, -0.05) is 24.3 Å². The van der Waals surface area contributed by atoms with Gasteiger partial charge in [-0.3, -0.25) is 0 Å². The highest BCUT2D eigenvalue weighted by Crippen LogP contribution is 2.29. The molecule has 0 heterocycles. The van der Waals surface area contributed by atoms with Crippen molar-refractivity contribution in [2.45, 2.75) is 18.4 Å². The lowest BCUT2D eigenvalue weighted by molar-refractivity contribution is -0.214. The van der Waals surface area contributed by atoms with Crippen LogP contribution in [0.5, 0.6) is 0 Å². The molecule has 0 aromatic heterocycles. The SMILES string of the molecule is C=CC(OC(C=O)c1ccccc1F)C(F)(F)F. The summed E-state index contributed by atoms with van der Waals surface area (Å²) in [5.41, 5.74) is -0.247. The Balaban J connectivity index is 2.95. The van der Waals surface area contributed by atoms with Crippen molar-refractivity contribution in [3.8, 4) is 0 Å². The first-order chi connectivity index (χ1) is 8.40. The van der Waals surface area contributed by atoms with Crippen LogP contribution in [-0.2, 0) is 9.53 Å². The number of hydrogen-bond acceptors (Lipinski definition) is 2. The molecule has 0 bridgehead atoms. The summed E-state index contributed by atoms with van der Waals surface area (Å²) in [6.07, 6.45) is -8.03. The highest BCUT2D eigenvalue weighted by Gasteiger charge is 2.40. The molecule has 2 atom stereocenters. The van der Waals surface area contributed by atoms with Crippen LogP contribution >= 0.6 is 0 Å². The van der Waals surface area contributed by atoms with E-state index >= 15 is 0 Å². The molecule has 0 aliphatic rings. The second kappa shape index (κ2) is 5.77. The van der Waals surface area contributed by atoms with Gasteiger partial charge in [-0.05, 0) is 6.07 Å². The molecule has 0 amide bonds. The summed E-state index contributed by atoms with van der Waals surface area (Å²) >= 11 is 0. The Morgan fingerprint density at radius 1 is 1.28 bits per heavy atom. The van der Waals surface area contributed by atoms with Gasteiger partial charge in [0, 0.05) is 5.56 Å². The zero-order chi connectivity index (χ0) is 13.8. The Kier molecular flexibility index (Phi) is 4.61. The van der Waals surface area contributed by atoms with Gasteiger partial charge >= 0.3 is 6.18 Å². The molecule has 1 aromatic rings. The first kappa shape index (κ1) is 14.4. The monoisotopic (exact) mass is 262 g/mol. The zero-order valence-electron chi connectivity index (χ0n) is 9.15. The van der Waals surface area contributed by atoms with Crippen molar-refractivity contribution in [1.82, 2.24) is 0 Å². The summed E-state index contributed by atoms with van der Waals surface area (Å²) < 4.78 is 55.1. The largest absolute Gasteiger partial charge is 0.418 e. The molecule has 2 unspecified atom stereocenters. The van der Waals surface area contributed by atoms with E-state index in [9.17, 15) is 22.4 Å². The average Bonchev–Trinajstić information content (AvgIpc) is 2.30. The lowest BCUT2D eigenvalue weighted by atomic mass is 10.1. The lowest BCUT2D eigenvalue weighted by Crippen LogP contribution is -2.31. The molecule has 6 heteroatoms. The quantitative estimate of drug-likeness (QED) is 0.462. The van der Waals surface area contributed by atoms with Gasteiger partial charge in [0.25, 0.3) is 0 Å². The van der Waals surface area contributed by atoms with Crippen molar-refractivity contribution in [3.63, 3.8) is 0 Å². The number of alkyl halides is 3. The predicted octanol–water partition coefficient (Wildman–Crippen LogP) is 3.20. The summed E-state index contributed by atoms with van der Waals surface area (Å²) in [7, 11) is 0. The van der Waals surface area contributed by atoms with E-state index < -0.39 is 24.2 Å². The number of hydrogen-bond donors (Lipinski definition) is 0. The van der Waals surface area contributed by atoms with Crippen LogP contribution in [-0.4, -0.2) is 18.6 Å². The number of aldehydes is 1. The van der Waals surface area contributed by atoms with Gasteiger partial charge < -0.3 is 9.53 Å². The number of halogens is 4. The molecule has 0 fully saturated rings. The van der Waals surface area contributed by atoms with Gasteiger partial charge in [0.05, 0.1) is 0 Å². The molecule has 0 spiro atoms. The van der Waals surface area contributed by atoms with Crippen LogP contribution < -0.4 is 0 Å². The van der Waals surface area contributed by atoms with E-state index in [4.69, 9.17) is 0 Å². The van der Waals surface area contributed by atoms with Crippen molar-refractivity contribution in [1.29, 1.82) is 0 Å². The molecule has 0 aliphatic carbocycles. The summed E-state index contributed by atoms with van der Waals surface area (Å²) in [6.45, 7) is 2.98. The van der Waals surface area contributed by atoms with Gasteiger partial charge in [-0.25, -0.2) is 4.39 Å². The second-order valence-electron chi connectivity index (χ2n) is 3.41. The molecule has 0 saturated heterocycles. The van der Waals surface area contributed by atoms with Crippen molar-refractivity contribution >= 4 is 6.29 Å². The van der Waals surface area contributed by atoms with E-state index in [1.54, 1.807) is 0 Å². The average molecular weight is 262 g/mol. The molecule has 2 nitrogen and oxygen atoms in total. The van der Waals surface area contributed by atoms with E-state index in [0.717, 1.165) is 6.07 Å². The molecule has 0 radical (unpaired) electrons. The van der Waals surface area contributed by atoms with Gasteiger partial charge in [0.2, 0.25) is 0 Å². The molecule has 18 heavy (non-hydrogen) atoms. The fourth-order valence-corrected chi connectivity index (χ4v) is 1.31. The lowest BCUT2D eigenvalue weighted by Gasteiger charge is -2.21. The Bertz CT molecular complexity index is 428. The maximum Gasteiger partial charge on any atom is 0.418 e. The van der Waals surface area contributed by atoms with Crippen molar-refractivity contribution < 1.29 is 27.1 Å². The van der Waals surface area contributed by atoms with Crippen LogP contribution in [0.25, 0.3) is 0 Å². The van der Waals surface area contributed by atoms with E-state index in [0.29, 0.717) is 6.08 Å². The highest BCUT2D eigenvalue weighted by molar-refractivity contribution is 5.60. The maximum atomic E-state index is 13.3. The van der Waals surface area contributed by atoms with Gasteiger partial charge in [0.1, 0.15) is 11.9 Å². The normalized spacial score (nSPS) is 14.9. The maximum absolute atomic E-state index is 13.3. The number of rotatable bonds is 5. The standard InChI is InChI=1S/C12H10F4O2/c1-2-11(12(14,15)16)18-10(7-17)8-5-3-4-6-9(8)13/h2-7,10-11H,1H2. The molecule has 1 rings (SSSR count). The number of carbonyl (C=O) groups is 1. The summed E-state index contributed by atoms with van der Waals surface area (Å²) in [6, 6.07) is 4.97. The first-order valence-electron chi connectivity index (χ1n) is 4.94. The van der Waals surface area contributed by atoms with Crippen LogP contribution in [0.1, 0.15) is 11.7 Å². The van der Waals surface area contributed by atoms with Crippen LogP contribution in [0.2, 0.25) is 0 Å². The third-order valence-electron chi connectivity index (χ3n) is 2.17. The van der Waals surface area contributed by atoms with Gasteiger partial charge in [-0.15, -0.1) is 6.58 Å². The molecule has 98 valence electrons. The van der Waals surface area contributed by atoms with E-state index in [-0.39, 0.29) is 11.8 Å². The zero-order valence-corrected chi connectivity index (χ0v) is 9.15. The summed E-state index contributed by atoms with van der Waals surface area (Å²) in [5, 5.41) is 0. The van der Waals surface area contributed by atoms with E-state index in [1.165, 1.54) is 18.2 Å². The highest BCUT2D eigenvalue weighted by atomic mass is 19.4. The summed E-state index contributed by atoms with van der Waals surface area (Å²) in [4.78, 5) is 10.7.